The summed E-state index contributed by atoms with van der Waals surface area (Å²) in [6, 6.07) is 4.33. The molecule has 94 valence electrons. The Hall–Kier alpha value is -2.50. The van der Waals surface area contributed by atoms with E-state index < -0.39 is 5.97 Å². The van der Waals surface area contributed by atoms with Gasteiger partial charge in [0.15, 0.2) is 5.69 Å². The molecule has 3 N–H and O–H groups in total. The normalized spacial score (nSPS) is 10.6. The zero-order chi connectivity index (χ0) is 13.4. The van der Waals surface area contributed by atoms with Crippen LogP contribution in [0.5, 0.6) is 11.5 Å². The van der Waals surface area contributed by atoms with Crippen LogP contribution in [0.2, 0.25) is 0 Å². The van der Waals surface area contributed by atoms with Crippen molar-refractivity contribution >= 4 is 5.97 Å². The maximum atomic E-state index is 10.8. The number of rotatable bonds is 2. The van der Waals surface area contributed by atoms with Crippen molar-refractivity contribution in [1.82, 2.24) is 9.78 Å². The molecule has 0 saturated heterocycles. The fourth-order valence-corrected chi connectivity index (χ4v) is 1.72. The average Bonchev–Trinajstić information content (AvgIpc) is 2.69. The average molecular weight is 248 g/mol. The molecule has 1 aromatic carbocycles. The van der Waals surface area contributed by atoms with Crippen LogP contribution < -0.4 is 0 Å². The minimum atomic E-state index is -1.13. The molecule has 0 saturated carbocycles. The van der Waals surface area contributed by atoms with Crippen molar-refractivity contribution in [3.8, 4) is 22.8 Å². The Balaban J connectivity index is 2.62. The van der Waals surface area contributed by atoms with Crippen LogP contribution in [-0.2, 0) is 7.05 Å². The number of aromatic carboxylic acids is 1. The van der Waals surface area contributed by atoms with Crippen molar-refractivity contribution in [1.29, 1.82) is 0 Å². The van der Waals surface area contributed by atoms with E-state index in [1.165, 1.54) is 22.9 Å². The smallest absolute Gasteiger partial charge is 0.356 e. The third-order valence-corrected chi connectivity index (χ3v) is 2.78. The molecule has 2 aromatic rings. The SMILES string of the molecule is Cc1c(O)ccc(-c2cc(C(=O)O)nn2C)c1O. The summed E-state index contributed by atoms with van der Waals surface area (Å²) < 4.78 is 1.37. The van der Waals surface area contributed by atoms with Crippen LogP contribution in [0.4, 0.5) is 0 Å². The molecule has 1 heterocycles. The van der Waals surface area contributed by atoms with Crippen LogP contribution in [0.15, 0.2) is 18.2 Å². The quantitative estimate of drug-likeness (QED) is 0.748. The fraction of sp³-hybridized carbons (Fsp3) is 0.167. The number of carbonyl (C=O) groups is 1. The van der Waals surface area contributed by atoms with Gasteiger partial charge in [-0.3, -0.25) is 4.68 Å². The lowest BCUT2D eigenvalue weighted by Gasteiger charge is -2.08. The lowest BCUT2D eigenvalue weighted by atomic mass is 10.1. The van der Waals surface area contributed by atoms with E-state index in [-0.39, 0.29) is 17.2 Å². The molecule has 0 spiro atoms. The number of phenolic OH excluding ortho intramolecular Hbond substituents is 2. The summed E-state index contributed by atoms with van der Waals surface area (Å²) in [4.78, 5) is 10.8. The molecular weight excluding hydrogens is 236 g/mol. The Bertz CT molecular complexity index is 631. The number of hydrogen-bond donors (Lipinski definition) is 3. The number of aryl methyl sites for hydroxylation is 1. The maximum absolute atomic E-state index is 10.8. The van der Waals surface area contributed by atoms with E-state index in [4.69, 9.17) is 5.11 Å². The number of carboxylic acid groups (broad SMARTS) is 1. The van der Waals surface area contributed by atoms with E-state index in [9.17, 15) is 15.0 Å². The highest BCUT2D eigenvalue weighted by Gasteiger charge is 2.17. The molecule has 0 radical (unpaired) electrons. The van der Waals surface area contributed by atoms with Gasteiger partial charge < -0.3 is 15.3 Å². The van der Waals surface area contributed by atoms with Crippen molar-refractivity contribution in [3.63, 3.8) is 0 Å². The van der Waals surface area contributed by atoms with Gasteiger partial charge in [-0.1, -0.05) is 0 Å². The third-order valence-electron chi connectivity index (χ3n) is 2.78. The first kappa shape index (κ1) is 12.0. The number of hydrogen-bond acceptors (Lipinski definition) is 4. The summed E-state index contributed by atoms with van der Waals surface area (Å²) in [5.41, 5.74) is 1.13. The maximum Gasteiger partial charge on any atom is 0.356 e. The summed E-state index contributed by atoms with van der Waals surface area (Å²) in [6.07, 6.45) is 0. The number of aromatic hydroxyl groups is 2. The van der Waals surface area contributed by atoms with Crippen molar-refractivity contribution < 1.29 is 20.1 Å². The molecule has 0 aliphatic rings. The first-order chi connectivity index (χ1) is 8.41. The topological polar surface area (TPSA) is 95.6 Å². The molecule has 0 aliphatic carbocycles. The summed E-state index contributed by atoms with van der Waals surface area (Å²) in [5.74, 6) is -1.24. The Morgan fingerprint density at radius 3 is 2.56 bits per heavy atom. The highest BCUT2D eigenvalue weighted by Crippen LogP contribution is 2.36. The Morgan fingerprint density at radius 1 is 1.33 bits per heavy atom. The van der Waals surface area contributed by atoms with Crippen molar-refractivity contribution in [2.24, 2.45) is 7.05 Å². The highest BCUT2D eigenvalue weighted by atomic mass is 16.4. The van der Waals surface area contributed by atoms with Gasteiger partial charge in [0.2, 0.25) is 0 Å². The van der Waals surface area contributed by atoms with Crippen LogP contribution >= 0.6 is 0 Å². The molecule has 0 amide bonds. The van der Waals surface area contributed by atoms with E-state index in [0.717, 1.165) is 0 Å². The Labute approximate surface area is 103 Å². The fourth-order valence-electron chi connectivity index (χ4n) is 1.72. The van der Waals surface area contributed by atoms with Gasteiger partial charge in [0, 0.05) is 18.2 Å². The van der Waals surface area contributed by atoms with E-state index in [2.05, 4.69) is 5.10 Å². The van der Waals surface area contributed by atoms with Crippen LogP contribution in [0.3, 0.4) is 0 Å². The molecule has 0 bridgehead atoms. The second kappa shape index (κ2) is 4.06. The molecule has 1 aromatic heterocycles. The van der Waals surface area contributed by atoms with Crippen LogP contribution in [0.1, 0.15) is 16.1 Å². The van der Waals surface area contributed by atoms with Crippen LogP contribution in [0.25, 0.3) is 11.3 Å². The lowest BCUT2D eigenvalue weighted by Crippen LogP contribution is -1.99. The molecule has 2 rings (SSSR count). The molecule has 0 atom stereocenters. The van der Waals surface area contributed by atoms with Gasteiger partial charge in [-0.2, -0.15) is 5.10 Å². The Kier molecular flexibility index (Phi) is 2.70. The number of aromatic nitrogens is 2. The highest BCUT2D eigenvalue weighted by molar-refractivity contribution is 5.87. The van der Waals surface area contributed by atoms with Gasteiger partial charge in [0.05, 0.1) is 5.69 Å². The monoisotopic (exact) mass is 248 g/mol. The standard InChI is InChI=1S/C12H12N2O4/c1-6-10(15)4-3-7(11(6)16)9-5-8(12(17)18)13-14(9)2/h3-5,15-16H,1-2H3,(H,17,18). The lowest BCUT2D eigenvalue weighted by molar-refractivity contribution is 0.0689. The van der Waals surface area contributed by atoms with Gasteiger partial charge in [-0.25, -0.2) is 4.79 Å². The molecule has 0 aliphatic heterocycles. The minimum Gasteiger partial charge on any atom is -0.508 e. The largest absolute Gasteiger partial charge is 0.508 e. The summed E-state index contributed by atoms with van der Waals surface area (Å²) >= 11 is 0. The number of nitrogens with zero attached hydrogens (tertiary/aromatic N) is 2. The zero-order valence-corrected chi connectivity index (χ0v) is 9.88. The first-order valence-electron chi connectivity index (χ1n) is 5.21. The predicted molar refractivity (Wildman–Crippen MR) is 63.7 cm³/mol. The summed E-state index contributed by atoms with van der Waals surface area (Å²) in [7, 11) is 1.59. The van der Waals surface area contributed by atoms with Gasteiger partial charge in [-0.15, -0.1) is 0 Å². The molecule has 6 nitrogen and oxygen atoms in total. The second-order valence-corrected chi connectivity index (χ2v) is 3.95. The van der Waals surface area contributed by atoms with Gasteiger partial charge in [0.25, 0.3) is 0 Å². The van der Waals surface area contributed by atoms with Crippen molar-refractivity contribution in [2.45, 2.75) is 6.92 Å². The van der Waals surface area contributed by atoms with E-state index in [0.29, 0.717) is 16.8 Å². The predicted octanol–water partition coefficient (Wildman–Crippen LogP) is 1.50. The molecule has 6 heteroatoms. The van der Waals surface area contributed by atoms with Crippen molar-refractivity contribution in [3.05, 3.63) is 29.5 Å². The molecule has 0 fully saturated rings. The molecular formula is C12H12N2O4. The number of benzene rings is 1. The third kappa shape index (κ3) is 1.77. The van der Waals surface area contributed by atoms with Crippen molar-refractivity contribution in [2.75, 3.05) is 0 Å². The number of carboxylic acids is 1. The minimum absolute atomic E-state index is 0.0168. The molecule has 0 unspecified atom stereocenters. The second-order valence-electron chi connectivity index (χ2n) is 3.95. The summed E-state index contributed by atoms with van der Waals surface area (Å²) in [6.45, 7) is 1.57. The Morgan fingerprint density at radius 2 is 2.00 bits per heavy atom. The van der Waals surface area contributed by atoms with Crippen LogP contribution in [-0.4, -0.2) is 31.1 Å². The van der Waals surface area contributed by atoms with E-state index >= 15 is 0 Å². The first-order valence-corrected chi connectivity index (χ1v) is 5.21. The van der Waals surface area contributed by atoms with Gasteiger partial charge in [-0.05, 0) is 25.1 Å². The zero-order valence-electron chi connectivity index (χ0n) is 9.88. The summed E-state index contributed by atoms with van der Waals surface area (Å²) in [5, 5.41) is 32.1. The van der Waals surface area contributed by atoms with Gasteiger partial charge >= 0.3 is 5.97 Å². The van der Waals surface area contributed by atoms with E-state index in [1.54, 1.807) is 14.0 Å². The van der Waals surface area contributed by atoms with E-state index in [1.807, 2.05) is 0 Å². The number of phenols is 2. The van der Waals surface area contributed by atoms with Gasteiger partial charge in [0.1, 0.15) is 11.5 Å². The van der Waals surface area contributed by atoms with Crippen LogP contribution in [0, 0.1) is 6.92 Å². The molecule has 18 heavy (non-hydrogen) atoms.